The first-order valence-corrected chi connectivity index (χ1v) is 6.66. The third-order valence-corrected chi connectivity index (χ3v) is 3.69. The van der Waals surface area contributed by atoms with Crippen molar-refractivity contribution < 1.29 is 0 Å². The summed E-state index contributed by atoms with van der Waals surface area (Å²) in [5.74, 6) is 7.84. The van der Waals surface area contributed by atoms with Crippen LogP contribution in [-0.4, -0.2) is 9.97 Å². The van der Waals surface area contributed by atoms with Gasteiger partial charge in [0.25, 0.3) is 0 Å². The molecule has 1 heterocycles. The molecule has 2 rings (SSSR count). The van der Waals surface area contributed by atoms with E-state index >= 15 is 0 Å². The lowest BCUT2D eigenvalue weighted by atomic mass is 9.95. The van der Waals surface area contributed by atoms with Gasteiger partial charge in [0.2, 0.25) is 0 Å². The maximum Gasteiger partial charge on any atom is 0.147 e. The fraction of sp³-hybridized carbons (Fsp3) is 0.692. The van der Waals surface area contributed by atoms with E-state index in [0.29, 0.717) is 5.92 Å². The first-order valence-electron chi connectivity index (χ1n) is 6.66. The predicted octanol–water partition coefficient (Wildman–Crippen LogP) is 2.54. The minimum Gasteiger partial charge on any atom is -0.308 e. The Morgan fingerprint density at radius 2 is 1.88 bits per heavy atom. The highest BCUT2D eigenvalue weighted by molar-refractivity contribution is 5.47. The van der Waals surface area contributed by atoms with E-state index in [1.807, 2.05) is 0 Å². The minimum absolute atomic E-state index is 0.453. The summed E-state index contributed by atoms with van der Waals surface area (Å²) in [5.41, 5.74) is 5.19. The Bertz CT molecular complexity index is 368. The van der Waals surface area contributed by atoms with E-state index in [4.69, 9.17) is 10.8 Å². The third kappa shape index (κ3) is 2.41. The van der Waals surface area contributed by atoms with E-state index < -0.39 is 0 Å². The molecule has 4 nitrogen and oxygen atoms in total. The molecular formula is C13H22N4. The van der Waals surface area contributed by atoms with Gasteiger partial charge in [-0.2, -0.15) is 0 Å². The molecule has 0 saturated heterocycles. The monoisotopic (exact) mass is 234 g/mol. The average molecular weight is 234 g/mol. The summed E-state index contributed by atoms with van der Waals surface area (Å²) in [4.78, 5) is 9.36. The molecule has 0 atom stereocenters. The molecule has 0 fully saturated rings. The van der Waals surface area contributed by atoms with Gasteiger partial charge in [0.1, 0.15) is 11.6 Å². The summed E-state index contributed by atoms with van der Waals surface area (Å²) in [6.07, 6.45) is 6.74. The highest BCUT2D eigenvalue weighted by atomic mass is 15.3. The molecule has 1 aromatic rings. The molecule has 1 aliphatic rings. The van der Waals surface area contributed by atoms with Gasteiger partial charge in [0.15, 0.2) is 0 Å². The molecule has 4 heteroatoms. The second kappa shape index (κ2) is 5.45. The van der Waals surface area contributed by atoms with Crippen molar-refractivity contribution in [3.63, 3.8) is 0 Å². The third-order valence-electron chi connectivity index (χ3n) is 3.69. The number of fused-ring (bicyclic) bond motifs is 1. The van der Waals surface area contributed by atoms with Gasteiger partial charge in [-0.05, 0) is 38.5 Å². The van der Waals surface area contributed by atoms with E-state index in [-0.39, 0.29) is 0 Å². The highest BCUT2D eigenvalue weighted by Gasteiger charge is 2.20. The molecular weight excluding hydrogens is 212 g/mol. The van der Waals surface area contributed by atoms with Gasteiger partial charge in [-0.15, -0.1) is 0 Å². The number of aromatic nitrogens is 2. The first kappa shape index (κ1) is 12.3. The van der Waals surface area contributed by atoms with Crippen molar-refractivity contribution in [3.8, 4) is 0 Å². The number of anilines is 1. The zero-order valence-corrected chi connectivity index (χ0v) is 10.8. The molecule has 94 valence electrons. The number of nitrogens with zero attached hydrogens (tertiary/aromatic N) is 2. The summed E-state index contributed by atoms with van der Waals surface area (Å²) in [7, 11) is 0. The Hall–Kier alpha value is -1.16. The number of rotatable bonds is 4. The summed E-state index contributed by atoms with van der Waals surface area (Å²) >= 11 is 0. The van der Waals surface area contributed by atoms with Gasteiger partial charge >= 0.3 is 0 Å². The van der Waals surface area contributed by atoms with Crippen LogP contribution in [0.5, 0.6) is 0 Å². The largest absolute Gasteiger partial charge is 0.308 e. The van der Waals surface area contributed by atoms with Crippen LogP contribution in [0.4, 0.5) is 5.82 Å². The average Bonchev–Trinajstić information content (AvgIpc) is 2.39. The summed E-state index contributed by atoms with van der Waals surface area (Å²) in [5, 5.41) is 0. The molecule has 0 spiro atoms. The van der Waals surface area contributed by atoms with Gasteiger partial charge in [-0.3, -0.25) is 0 Å². The van der Waals surface area contributed by atoms with Crippen LogP contribution in [0.25, 0.3) is 0 Å². The highest BCUT2D eigenvalue weighted by Crippen LogP contribution is 2.28. The van der Waals surface area contributed by atoms with E-state index in [1.165, 1.54) is 24.1 Å². The second-order valence-electron chi connectivity index (χ2n) is 4.72. The standard InChI is InChI=1S/C13H22N4/c1-3-9(4-2)12-15-11-8-6-5-7-10(11)13(16-12)17-14/h9H,3-8,14H2,1-2H3,(H,15,16,17). The molecule has 0 unspecified atom stereocenters. The Labute approximate surface area is 103 Å². The van der Waals surface area contributed by atoms with Gasteiger partial charge < -0.3 is 5.43 Å². The summed E-state index contributed by atoms with van der Waals surface area (Å²) in [6, 6.07) is 0. The van der Waals surface area contributed by atoms with Crippen molar-refractivity contribution >= 4 is 5.82 Å². The number of nitrogen functional groups attached to an aromatic ring is 1. The zero-order valence-electron chi connectivity index (χ0n) is 10.8. The van der Waals surface area contributed by atoms with Gasteiger partial charge in [0.05, 0.1) is 0 Å². The lowest BCUT2D eigenvalue weighted by Gasteiger charge is -2.20. The molecule has 1 aromatic heterocycles. The fourth-order valence-corrected chi connectivity index (χ4v) is 2.57. The second-order valence-corrected chi connectivity index (χ2v) is 4.72. The van der Waals surface area contributed by atoms with Crippen molar-refractivity contribution in [3.05, 3.63) is 17.1 Å². The van der Waals surface area contributed by atoms with Crippen LogP contribution in [0.15, 0.2) is 0 Å². The normalized spacial score (nSPS) is 14.8. The number of aryl methyl sites for hydroxylation is 1. The topological polar surface area (TPSA) is 63.8 Å². The number of nitrogens with one attached hydrogen (secondary N) is 1. The smallest absolute Gasteiger partial charge is 0.147 e. The van der Waals surface area contributed by atoms with Crippen molar-refractivity contribution in [1.29, 1.82) is 0 Å². The fourth-order valence-electron chi connectivity index (χ4n) is 2.57. The SMILES string of the molecule is CCC(CC)c1nc2c(c(NN)n1)CCCC2. The van der Waals surface area contributed by atoms with Gasteiger partial charge in [0, 0.05) is 17.2 Å². The Morgan fingerprint density at radius 1 is 1.18 bits per heavy atom. The minimum atomic E-state index is 0.453. The lowest BCUT2D eigenvalue weighted by Crippen LogP contribution is -2.19. The van der Waals surface area contributed by atoms with E-state index in [9.17, 15) is 0 Å². The van der Waals surface area contributed by atoms with Crippen LogP contribution in [0.2, 0.25) is 0 Å². The molecule has 0 aromatic carbocycles. The summed E-state index contributed by atoms with van der Waals surface area (Å²) in [6.45, 7) is 4.37. The molecule has 0 amide bonds. The van der Waals surface area contributed by atoms with Crippen LogP contribution in [0.3, 0.4) is 0 Å². The van der Waals surface area contributed by atoms with Crippen molar-refractivity contribution in [1.82, 2.24) is 9.97 Å². The Morgan fingerprint density at radius 3 is 2.53 bits per heavy atom. The van der Waals surface area contributed by atoms with E-state index in [0.717, 1.165) is 37.3 Å². The van der Waals surface area contributed by atoms with E-state index in [1.54, 1.807) is 0 Å². The lowest BCUT2D eigenvalue weighted by molar-refractivity contribution is 0.583. The van der Waals surface area contributed by atoms with Crippen LogP contribution in [0.1, 0.15) is 62.5 Å². The summed E-state index contributed by atoms with van der Waals surface area (Å²) < 4.78 is 0. The number of nitrogens with two attached hydrogens (primary N) is 1. The molecule has 0 radical (unpaired) electrons. The molecule has 17 heavy (non-hydrogen) atoms. The number of hydrazine groups is 1. The Balaban J connectivity index is 2.42. The molecule has 3 N–H and O–H groups in total. The number of hydrogen-bond acceptors (Lipinski definition) is 4. The maximum atomic E-state index is 5.59. The zero-order chi connectivity index (χ0) is 12.3. The molecule has 0 aliphatic heterocycles. The molecule has 0 saturated carbocycles. The van der Waals surface area contributed by atoms with Gasteiger partial charge in [-0.1, -0.05) is 13.8 Å². The van der Waals surface area contributed by atoms with Crippen LogP contribution in [0, 0.1) is 0 Å². The Kier molecular flexibility index (Phi) is 3.94. The predicted molar refractivity (Wildman–Crippen MR) is 69.8 cm³/mol. The van der Waals surface area contributed by atoms with Crippen LogP contribution >= 0.6 is 0 Å². The molecule has 1 aliphatic carbocycles. The van der Waals surface area contributed by atoms with Crippen LogP contribution < -0.4 is 11.3 Å². The van der Waals surface area contributed by atoms with Crippen molar-refractivity contribution in [2.75, 3.05) is 5.43 Å². The van der Waals surface area contributed by atoms with Crippen molar-refractivity contribution in [2.45, 2.75) is 58.3 Å². The maximum absolute atomic E-state index is 5.59. The molecule has 0 bridgehead atoms. The quantitative estimate of drug-likeness (QED) is 0.620. The van der Waals surface area contributed by atoms with E-state index in [2.05, 4.69) is 24.3 Å². The number of hydrogen-bond donors (Lipinski definition) is 2. The van der Waals surface area contributed by atoms with Crippen LogP contribution in [-0.2, 0) is 12.8 Å². The first-order chi connectivity index (χ1) is 8.30. The van der Waals surface area contributed by atoms with Crippen molar-refractivity contribution in [2.24, 2.45) is 5.84 Å². The van der Waals surface area contributed by atoms with Gasteiger partial charge in [-0.25, -0.2) is 15.8 Å².